The van der Waals surface area contributed by atoms with Crippen LogP contribution in [0.1, 0.15) is 41.8 Å². The number of nitrogens with one attached hydrogen (secondary N) is 2. The number of aromatic nitrogens is 4. The molecule has 2 N–H and O–H groups in total. The normalized spacial score (nSPS) is 16.7. The van der Waals surface area contributed by atoms with E-state index in [-0.39, 0.29) is 6.04 Å². The molecule has 8 heteroatoms. The molecule has 1 aromatic carbocycles. The SMILES string of the molecule is CN=C(NCc1coc(-c2ccc(C)cc2)n1)NC1CCCn2nc(C)nc21. The van der Waals surface area contributed by atoms with Gasteiger partial charge in [-0.25, -0.2) is 14.6 Å². The summed E-state index contributed by atoms with van der Waals surface area (Å²) in [5, 5.41) is 11.2. The molecular formula is C20H25N7O. The maximum atomic E-state index is 5.62. The van der Waals surface area contributed by atoms with Crippen LogP contribution < -0.4 is 10.6 Å². The Bertz CT molecular complexity index is 971. The highest BCUT2D eigenvalue weighted by Crippen LogP contribution is 2.23. The molecule has 0 saturated carbocycles. The van der Waals surface area contributed by atoms with Gasteiger partial charge in [0.1, 0.15) is 17.9 Å². The smallest absolute Gasteiger partial charge is 0.226 e. The summed E-state index contributed by atoms with van der Waals surface area (Å²) in [4.78, 5) is 13.5. The highest BCUT2D eigenvalue weighted by atomic mass is 16.3. The number of hydrogen-bond donors (Lipinski definition) is 2. The Balaban J connectivity index is 1.38. The Morgan fingerprint density at radius 1 is 1.25 bits per heavy atom. The number of rotatable bonds is 4. The Morgan fingerprint density at radius 3 is 2.86 bits per heavy atom. The molecule has 1 atom stereocenters. The van der Waals surface area contributed by atoms with E-state index in [0.717, 1.165) is 42.3 Å². The second kappa shape index (κ2) is 7.84. The van der Waals surface area contributed by atoms with Crippen LogP contribution in [-0.4, -0.2) is 32.8 Å². The number of nitrogens with zero attached hydrogens (tertiary/aromatic N) is 5. The van der Waals surface area contributed by atoms with Gasteiger partial charge in [-0.3, -0.25) is 4.99 Å². The fourth-order valence-corrected chi connectivity index (χ4v) is 3.36. The van der Waals surface area contributed by atoms with Crippen LogP contribution in [0.2, 0.25) is 0 Å². The zero-order chi connectivity index (χ0) is 19.5. The van der Waals surface area contributed by atoms with Crippen molar-refractivity contribution in [1.82, 2.24) is 30.4 Å². The number of aliphatic imine (C=N–C) groups is 1. The molecule has 3 heterocycles. The van der Waals surface area contributed by atoms with E-state index in [1.807, 2.05) is 35.9 Å². The summed E-state index contributed by atoms with van der Waals surface area (Å²) in [5.74, 6) is 3.10. The molecule has 0 radical (unpaired) electrons. The first-order valence-electron chi connectivity index (χ1n) is 9.52. The van der Waals surface area contributed by atoms with Crippen molar-refractivity contribution in [3.8, 4) is 11.5 Å². The quantitative estimate of drug-likeness (QED) is 0.535. The third-order valence-electron chi connectivity index (χ3n) is 4.80. The molecule has 3 aromatic rings. The highest BCUT2D eigenvalue weighted by molar-refractivity contribution is 5.80. The molecule has 0 spiro atoms. The van der Waals surface area contributed by atoms with Crippen LogP contribution in [0.4, 0.5) is 0 Å². The van der Waals surface area contributed by atoms with Crippen molar-refractivity contribution in [2.75, 3.05) is 7.05 Å². The van der Waals surface area contributed by atoms with Crippen molar-refractivity contribution in [2.45, 2.75) is 45.8 Å². The summed E-state index contributed by atoms with van der Waals surface area (Å²) in [6.07, 6.45) is 3.74. The van der Waals surface area contributed by atoms with Gasteiger partial charge in [-0.2, -0.15) is 5.10 Å². The molecule has 0 bridgehead atoms. The Labute approximate surface area is 164 Å². The van der Waals surface area contributed by atoms with Gasteiger partial charge < -0.3 is 15.1 Å². The highest BCUT2D eigenvalue weighted by Gasteiger charge is 2.24. The van der Waals surface area contributed by atoms with Crippen molar-refractivity contribution >= 4 is 5.96 Å². The summed E-state index contributed by atoms with van der Waals surface area (Å²) in [7, 11) is 1.76. The minimum absolute atomic E-state index is 0.0987. The van der Waals surface area contributed by atoms with Crippen LogP contribution >= 0.6 is 0 Å². The van der Waals surface area contributed by atoms with Gasteiger partial charge in [0.05, 0.1) is 18.3 Å². The third kappa shape index (κ3) is 3.90. The molecule has 8 nitrogen and oxygen atoms in total. The average molecular weight is 379 g/mol. The molecule has 1 aliphatic heterocycles. The number of benzene rings is 1. The van der Waals surface area contributed by atoms with E-state index in [4.69, 9.17) is 4.42 Å². The van der Waals surface area contributed by atoms with E-state index in [9.17, 15) is 0 Å². The van der Waals surface area contributed by atoms with E-state index in [1.54, 1.807) is 13.3 Å². The lowest BCUT2D eigenvalue weighted by Gasteiger charge is -2.24. The van der Waals surface area contributed by atoms with Gasteiger partial charge in [0.15, 0.2) is 5.96 Å². The summed E-state index contributed by atoms with van der Waals surface area (Å²) in [5.41, 5.74) is 3.00. The maximum Gasteiger partial charge on any atom is 0.226 e. The van der Waals surface area contributed by atoms with Crippen LogP contribution in [0, 0.1) is 13.8 Å². The van der Waals surface area contributed by atoms with E-state index in [1.165, 1.54) is 5.56 Å². The zero-order valence-corrected chi connectivity index (χ0v) is 16.4. The molecule has 0 amide bonds. The van der Waals surface area contributed by atoms with Crippen molar-refractivity contribution in [2.24, 2.45) is 4.99 Å². The van der Waals surface area contributed by atoms with Gasteiger partial charge in [0, 0.05) is 19.2 Å². The van der Waals surface area contributed by atoms with E-state index in [2.05, 4.69) is 37.6 Å². The topological polar surface area (TPSA) is 93.2 Å². The Kier molecular flexibility index (Phi) is 5.10. The average Bonchev–Trinajstić information content (AvgIpc) is 3.32. The summed E-state index contributed by atoms with van der Waals surface area (Å²) in [6, 6.07) is 8.23. The van der Waals surface area contributed by atoms with Crippen LogP contribution in [0.3, 0.4) is 0 Å². The standard InChI is InChI=1S/C20H25N7O/c1-13-6-8-15(9-7-13)19-24-16(12-28-19)11-22-20(21-3)25-17-5-4-10-27-18(17)23-14(2)26-27/h6-9,12,17H,4-5,10-11H2,1-3H3,(H2,21,22,25). The number of oxazole rings is 1. The monoisotopic (exact) mass is 379 g/mol. The Hall–Kier alpha value is -3.16. The van der Waals surface area contributed by atoms with Crippen LogP contribution in [0.5, 0.6) is 0 Å². The maximum absolute atomic E-state index is 5.62. The lowest BCUT2D eigenvalue weighted by molar-refractivity contribution is 0.397. The lowest BCUT2D eigenvalue weighted by Crippen LogP contribution is -2.41. The molecule has 0 aliphatic carbocycles. The molecular weight excluding hydrogens is 354 g/mol. The van der Waals surface area contributed by atoms with Gasteiger partial charge in [-0.05, 0) is 38.8 Å². The molecule has 4 rings (SSSR count). The molecule has 146 valence electrons. The van der Waals surface area contributed by atoms with Crippen molar-refractivity contribution < 1.29 is 4.42 Å². The molecule has 0 fully saturated rings. The fourth-order valence-electron chi connectivity index (χ4n) is 3.36. The van der Waals surface area contributed by atoms with Crippen molar-refractivity contribution in [3.63, 3.8) is 0 Å². The molecule has 28 heavy (non-hydrogen) atoms. The molecule has 2 aromatic heterocycles. The van der Waals surface area contributed by atoms with Gasteiger partial charge >= 0.3 is 0 Å². The second-order valence-electron chi connectivity index (χ2n) is 7.02. The summed E-state index contributed by atoms with van der Waals surface area (Å²) in [6.45, 7) is 5.42. The Morgan fingerprint density at radius 2 is 2.07 bits per heavy atom. The molecule has 1 unspecified atom stereocenters. The minimum atomic E-state index is 0.0987. The van der Waals surface area contributed by atoms with Crippen molar-refractivity contribution in [3.05, 3.63) is 53.4 Å². The number of fused-ring (bicyclic) bond motifs is 1. The van der Waals surface area contributed by atoms with Gasteiger partial charge in [-0.1, -0.05) is 17.7 Å². The van der Waals surface area contributed by atoms with Gasteiger partial charge in [0.25, 0.3) is 0 Å². The summed E-state index contributed by atoms with van der Waals surface area (Å²) < 4.78 is 7.60. The van der Waals surface area contributed by atoms with Crippen LogP contribution in [-0.2, 0) is 13.1 Å². The zero-order valence-electron chi connectivity index (χ0n) is 16.4. The largest absolute Gasteiger partial charge is 0.444 e. The number of hydrogen-bond acceptors (Lipinski definition) is 5. The lowest BCUT2D eigenvalue weighted by atomic mass is 10.1. The van der Waals surface area contributed by atoms with Gasteiger partial charge in [-0.15, -0.1) is 0 Å². The molecule has 1 aliphatic rings. The summed E-state index contributed by atoms with van der Waals surface area (Å²) >= 11 is 0. The fraction of sp³-hybridized carbons (Fsp3) is 0.400. The molecule has 0 saturated heterocycles. The minimum Gasteiger partial charge on any atom is -0.444 e. The first kappa shape index (κ1) is 18.2. The third-order valence-corrected chi connectivity index (χ3v) is 4.80. The van der Waals surface area contributed by atoms with E-state index < -0.39 is 0 Å². The predicted octanol–water partition coefficient (Wildman–Crippen LogP) is 2.75. The van der Waals surface area contributed by atoms with Crippen molar-refractivity contribution in [1.29, 1.82) is 0 Å². The predicted molar refractivity (Wildman–Crippen MR) is 107 cm³/mol. The van der Waals surface area contributed by atoms with Gasteiger partial charge in [0.2, 0.25) is 5.89 Å². The first-order chi connectivity index (χ1) is 13.6. The van der Waals surface area contributed by atoms with Crippen LogP contribution in [0.15, 0.2) is 39.9 Å². The second-order valence-corrected chi connectivity index (χ2v) is 7.02. The van der Waals surface area contributed by atoms with E-state index in [0.29, 0.717) is 18.4 Å². The number of guanidine groups is 1. The number of aryl methyl sites for hydroxylation is 3. The van der Waals surface area contributed by atoms with E-state index >= 15 is 0 Å². The first-order valence-corrected chi connectivity index (χ1v) is 9.52. The van der Waals surface area contributed by atoms with Crippen LogP contribution in [0.25, 0.3) is 11.5 Å².